The molecule has 16 heavy (non-hydrogen) atoms. The minimum atomic E-state index is -0.782. The third kappa shape index (κ3) is 2.72. The van der Waals surface area contributed by atoms with Gasteiger partial charge in [0, 0.05) is 0 Å². The highest BCUT2D eigenvalue weighted by molar-refractivity contribution is 5.76. The zero-order valence-electron chi connectivity index (χ0n) is 10.0. The van der Waals surface area contributed by atoms with Crippen molar-refractivity contribution < 1.29 is 9.90 Å². The molecule has 1 aromatic rings. The lowest BCUT2D eigenvalue weighted by atomic mass is 9.95. The van der Waals surface area contributed by atoms with E-state index in [9.17, 15) is 4.79 Å². The van der Waals surface area contributed by atoms with Gasteiger partial charge in [-0.1, -0.05) is 37.3 Å². The third-order valence-electron chi connectivity index (χ3n) is 2.86. The van der Waals surface area contributed by atoms with Crippen molar-refractivity contribution in [2.45, 2.75) is 33.1 Å². The van der Waals surface area contributed by atoms with Gasteiger partial charge in [-0.3, -0.25) is 4.79 Å². The topological polar surface area (TPSA) is 37.3 Å². The summed E-state index contributed by atoms with van der Waals surface area (Å²) >= 11 is 0. The summed E-state index contributed by atoms with van der Waals surface area (Å²) in [6, 6.07) is 7.78. The lowest BCUT2D eigenvalue weighted by Gasteiger charge is -2.10. The molecule has 0 aliphatic heterocycles. The van der Waals surface area contributed by atoms with E-state index in [1.807, 2.05) is 31.2 Å². The highest BCUT2D eigenvalue weighted by Crippen LogP contribution is 2.23. The second-order valence-corrected chi connectivity index (χ2v) is 3.85. The fourth-order valence-corrected chi connectivity index (χ4v) is 1.73. The van der Waals surface area contributed by atoms with Crippen LogP contribution in [0.3, 0.4) is 0 Å². The quantitative estimate of drug-likeness (QED) is 0.836. The van der Waals surface area contributed by atoms with Crippen LogP contribution < -0.4 is 0 Å². The van der Waals surface area contributed by atoms with E-state index in [1.165, 1.54) is 5.57 Å². The minimum Gasteiger partial charge on any atom is -0.481 e. The van der Waals surface area contributed by atoms with Gasteiger partial charge in [0.2, 0.25) is 0 Å². The van der Waals surface area contributed by atoms with Gasteiger partial charge in [0.15, 0.2) is 0 Å². The van der Waals surface area contributed by atoms with Crippen LogP contribution in [0.4, 0.5) is 0 Å². The molecule has 0 heterocycles. The number of allylic oxidation sites excluding steroid dienone is 2. The number of carboxylic acid groups (broad SMARTS) is 1. The summed E-state index contributed by atoms with van der Waals surface area (Å²) in [6.45, 7) is 5.82. The molecule has 2 nitrogen and oxygen atoms in total. The Morgan fingerprint density at radius 1 is 1.50 bits per heavy atom. The summed E-state index contributed by atoms with van der Waals surface area (Å²) in [5.41, 5.74) is 3.23. The first-order valence-electron chi connectivity index (χ1n) is 5.58. The minimum absolute atomic E-state index is 0.449. The Morgan fingerprint density at radius 3 is 2.69 bits per heavy atom. The molecule has 0 aromatic heterocycles. The van der Waals surface area contributed by atoms with Crippen molar-refractivity contribution in [3.05, 3.63) is 41.5 Å². The summed E-state index contributed by atoms with van der Waals surface area (Å²) < 4.78 is 0. The molecule has 2 heteroatoms. The average molecular weight is 218 g/mol. The van der Waals surface area contributed by atoms with Crippen LogP contribution in [0.15, 0.2) is 30.3 Å². The van der Waals surface area contributed by atoms with E-state index in [1.54, 1.807) is 6.92 Å². The SMILES string of the molecule is CC=C(CC)c1cccc(C(C)C(=O)O)c1. The number of hydrogen-bond acceptors (Lipinski definition) is 1. The lowest BCUT2D eigenvalue weighted by molar-refractivity contribution is -0.138. The van der Waals surface area contributed by atoms with E-state index in [0.29, 0.717) is 0 Å². The average Bonchev–Trinajstić information content (AvgIpc) is 2.30. The maximum Gasteiger partial charge on any atom is 0.310 e. The molecule has 86 valence electrons. The van der Waals surface area contributed by atoms with E-state index >= 15 is 0 Å². The van der Waals surface area contributed by atoms with E-state index < -0.39 is 11.9 Å². The molecule has 1 N–H and O–H groups in total. The molecule has 1 atom stereocenters. The molecule has 1 aromatic carbocycles. The summed E-state index contributed by atoms with van der Waals surface area (Å²) in [5.74, 6) is -1.23. The number of benzene rings is 1. The maximum atomic E-state index is 10.9. The highest BCUT2D eigenvalue weighted by Gasteiger charge is 2.13. The van der Waals surface area contributed by atoms with Gasteiger partial charge < -0.3 is 5.11 Å². The van der Waals surface area contributed by atoms with Crippen LogP contribution in [0.1, 0.15) is 44.2 Å². The van der Waals surface area contributed by atoms with E-state index in [-0.39, 0.29) is 0 Å². The van der Waals surface area contributed by atoms with E-state index in [0.717, 1.165) is 17.5 Å². The first-order chi connectivity index (χ1) is 7.60. The zero-order chi connectivity index (χ0) is 12.1. The molecule has 1 rings (SSSR count). The Kier molecular flexibility index (Phi) is 4.29. The first kappa shape index (κ1) is 12.5. The number of carbonyl (C=O) groups is 1. The smallest absolute Gasteiger partial charge is 0.310 e. The van der Waals surface area contributed by atoms with Crippen LogP contribution in [-0.2, 0) is 4.79 Å². The molecule has 0 saturated carbocycles. The standard InChI is InChI=1S/C14H18O2/c1-4-11(5-2)13-8-6-7-12(9-13)10(3)14(15)16/h4,6-10H,5H2,1-3H3,(H,15,16). The molecular weight excluding hydrogens is 200 g/mol. The van der Waals surface area contributed by atoms with Crippen LogP contribution in [0.2, 0.25) is 0 Å². The fourth-order valence-electron chi connectivity index (χ4n) is 1.73. The van der Waals surface area contributed by atoms with Crippen molar-refractivity contribution in [3.63, 3.8) is 0 Å². The number of carboxylic acids is 1. The Hall–Kier alpha value is -1.57. The molecule has 1 unspecified atom stereocenters. The van der Waals surface area contributed by atoms with Gasteiger partial charge >= 0.3 is 5.97 Å². The molecule has 0 spiro atoms. The summed E-state index contributed by atoms with van der Waals surface area (Å²) in [7, 11) is 0. The monoisotopic (exact) mass is 218 g/mol. The normalized spacial score (nSPS) is 13.6. The number of hydrogen-bond donors (Lipinski definition) is 1. The first-order valence-corrected chi connectivity index (χ1v) is 5.58. The van der Waals surface area contributed by atoms with Gasteiger partial charge in [-0.25, -0.2) is 0 Å². The van der Waals surface area contributed by atoms with Crippen molar-refractivity contribution in [3.8, 4) is 0 Å². The van der Waals surface area contributed by atoms with Crippen molar-refractivity contribution in [2.75, 3.05) is 0 Å². The second-order valence-electron chi connectivity index (χ2n) is 3.85. The van der Waals surface area contributed by atoms with Crippen molar-refractivity contribution >= 4 is 11.5 Å². The van der Waals surface area contributed by atoms with Crippen LogP contribution in [0, 0.1) is 0 Å². The highest BCUT2D eigenvalue weighted by atomic mass is 16.4. The summed E-state index contributed by atoms with van der Waals surface area (Å²) in [5, 5.41) is 8.96. The van der Waals surface area contributed by atoms with Crippen molar-refractivity contribution in [1.82, 2.24) is 0 Å². The number of rotatable bonds is 4. The Bertz CT molecular complexity index is 405. The van der Waals surface area contributed by atoms with Gasteiger partial charge in [-0.15, -0.1) is 0 Å². The van der Waals surface area contributed by atoms with Gasteiger partial charge in [-0.05, 0) is 37.0 Å². The predicted molar refractivity (Wildman–Crippen MR) is 66.4 cm³/mol. The molecule has 0 saturated heterocycles. The largest absolute Gasteiger partial charge is 0.481 e. The number of aliphatic carboxylic acids is 1. The summed E-state index contributed by atoms with van der Waals surface area (Å²) in [4.78, 5) is 10.9. The van der Waals surface area contributed by atoms with Crippen molar-refractivity contribution in [2.24, 2.45) is 0 Å². The molecular formula is C14H18O2. The third-order valence-corrected chi connectivity index (χ3v) is 2.86. The fraction of sp³-hybridized carbons (Fsp3) is 0.357. The van der Waals surface area contributed by atoms with Gasteiger partial charge in [0.25, 0.3) is 0 Å². The van der Waals surface area contributed by atoms with Crippen LogP contribution >= 0.6 is 0 Å². The molecule has 0 amide bonds. The second kappa shape index (κ2) is 5.50. The Balaban J connectivity index is 3.08. The molecule has 0 radical (unpaired) electrons. The lowest BCUT2D eigenvalue weighted by Crippen LogP contribution is -2.07. The summed E-state index contributed by atoms with van der Waals surface area (Å²) in [6.07, 6.45) is 3.03. The predicted octanol–water partition coefficient (Wildman–Crippen LogP) is 3.69. The Labute approximate surface area is 96.6 Å². The van der Waals surface area contributed by atoms with Gasteiger partial charge in [0.1, 0.15) is 0 Å². The molecule has 0 aliphatic rings. The van der Waals surface area contributed by atoms with Gasteiger partial charge in [-0.2, -0.15) is 0 Å². The molecule has 0 fully saturated rings. The van der Waals surface area contributed by atoms with Crippen LogP contribution in [-0.4, -0.2) is 11.1 Å². The zero-order valence-corrected chi connectivity index (χ0v) is 10.0. The van der Waals surface area contributed by atoms with E-state index in [4.69, 9.17) is 5.11 Å². The Morgan fingerprint density at radius 2 is 2.19 bits per heavy atom. The maximum absolute atomic E-state index is 10.9. The van der Waals surface area contributed by atoms with Crippen LogP contribution in [0.25, 0.3) is 5.57 Å². The molecule has 0 aliphatic carbocycles. The van der Waals surface area contributed by atoms with Gasteiger partial charge in [0.05, 0.1) is 5.92 Å². The van der Waals surface area contributed by atoms with Crippen LogP contribution in [0.5, 0.6) is 0 Å². The van der Waals surface area contributed by atoms with E-state index in [2.05, 4.69) is 13.0 Å². The van der Waals surface area contributed by atoms with Crippen molar-refractivity contribution in [1.29, 1.82) is 0 Å². The molecule has 0 bridgehead atoms.